The first-order chi connectivity index (χ1) is 9.90. The van der Waals surface area contributed by atoms with E-state index in [9.17, 15) is 14.9 Å². The number of ether oxygens (including phenoxy) is 1. The van der Waals surface area contributed by atoms with E-state index in [2.05, 4.69) is 4.98 Å². The Labute approximate surface area is 123 Å². The largest absolute Gasteiger partial charge is 0.476 e. The lowest BCUT2D eigenvalue weighted by Crippen LogP contribution is -2.03. The van der Waals surface area contributed by atoms with Crippen LogP contribution in [0.1, 0.15) is 16.1 Å². The monoisotopic (exact) mass is 308 g/mol. The summed E-state index contributed by atoms with van der Waals surface area (Å²) < 4.78 is 5.32. The van der Waals surface area contributed by atoms with Crippen LogP contribution in [0, 0.1) is 17.0 Å². The summed E-state index contributed by atoms with van der Waals surface area (Å²) in [5.74, 6) is -1.43. The number of benzene rings is 1. The number of hydrogen-bond donors (Lipinski definition) is 1. The number of rotatable bonds is 4. The molecule has 0 amide bonds. The Morgan fingerprint density at radius 3 is 2.71 bits per heavy atom. The number of carbonyl (C=O) groups is 1. The maximum atomic E-state index is 11.1. The molecule has 0 aliphatic rings. The fourth-order valence-electron chi connectivity index (χ4n) is 1.69. The van der Waals surface area contributed by atoms with E-state index in [-0.39, 0.29) is 28.0 Å². The number of nitrogens with zero attached hydrogens (tertiary/aromatic N) is 2. The number of para-hydroxylation sites is 1. The molecule has 1 heterocycles. The van der Waals surface area contributed by atoms with Gasteiger partial charge in [-0.2, -0.15) is 0 Å². The van der Waals surface area contributed by atoms with Gasteiger partial charge in [0.15, 0.2) is 5.69 Å². The van der Waals surface area contributed by atoms with Crippen LogP contribution in [0.25, 0.3) is 0 Å². The normalized spacial score (nSPS) is 10.2. The van der Waals surface area contributed by atoms with E-state index in [1.54, 1.807) is 19.1 Å². The van der Waals surface area contributed by atoms with Gasteiger partial charge in [-0.1, -0.05) is 23.7 Å². The van der Waals surface area contributed by atoms with Crippen LogP contribution in [0.4, 0.5) is 5.69 Å². The topological polar surface area (TPSA) is 103 Å². The standard InChI is InChI=1S/C13H9ClN2O5/c1-7-3-2-4-9(12(7)16(19)20)21-10-6-5-8(14)11(15-10)13(17)18/h2-6H,1H3,(H,17,18). The molecule has 0 bridgehead atoms. The van der Waals surface area contributed by atoms with Gasteiger partial charge in [0.1, 0.15) is 0 Å². The minimum Gasteiger partial charge on any atom is -0.476 e. The van der Waals surface area contributed by atoms with Crippen LogP contribution in [0.15, 0.2) is 30.3 Å². The molecule has 21 heavy (non-hydrogen) atoms. The van der Waals surface area contributed by atoms with Crippen LogP contribution in [-0.2, 0) is 0 Å². The summed E-state index contributed by atoms with van der Waals surface area (Å²) in [6, 6.07) is 7.20. The van der Waals surface area contributed by atoms with Crippen molar-refractivity contribution < 1.29 is 19.6 Å². The van der Waals surface area contributed by atoms with Crippen molar-refractivity contribution in [2.75, 3.05) is 0 Å². The fraction of sp³-hybridized carbons (Fsp3) is 0.0769. The molecule has 0 saturated carbocycles. The third-order valence-corrected chi connectivity index (χ3v) is 2.93. The summed E-state index contributed by atoms with van der Waals surface area (Å²) in [7, 11) is 0. The van der Waals surface area contributed by atoms with Crippen LogP contribution >= 0.6 is 11.6 Å². The van der Waals surface area contributed by atoms with Crippen molar-refractivity contribution >= 4 is 23.3 Å². The highest BCUT2D eigenvalue weighted by Crippen LogP contribution is 2.33. The van der Waals surface area contributed by atoms with E-state index >= 15 is 0 Å². The highest BCUT2D eigenvalue weighted by atomic mass is 35.5. The quantitative estimate of drug-likeness (QED) is 0.685. The molecule has 7 nitrogen and oxygen atoms in total. The van der Waals surface area contributed by atoms with Gasteiger partial charge in [-0.25, -0.2) is 9.78 Å². The lowest BCUT2D eigenvalue weighted by atomic mass is 10.2. The van der Waals surface area contributed by atoms with Crippen molar-refractivity contribution in [3.05, 3.63) is 56.7 Å². The molecule has 0 spiro atoms. The molecule has 0 fully saturated rings. The highest BCUT2D eigenvalue weighted by Gasteiger charge is 2.20. The molecule has 8 heteroatoms. The summed E-state index contributed by atoms with van der Waals surface area (Å²) in [4.78, 5) is 25.1. The average molecular weight is 309 g/mol. The number of nitro groups is 1. The Hall–Kier alpha value is -2.67. The number of aryl methyl sites for hydroxylation is 1. The molecule has 0 unspecified atom stereocenters. The van der Waals surface area contributed by atoms with Gasteiger partial charge in [-0.05, 0) is 19.1 Å². The van der Waals surface area contributed by atoms with E-state index in [1.165, 1.54) is 18.2 Å². The smallest absolute Gasteiger partial charge is 0.356 e. The molecule has 2 rings (SSSR count). The van der Waals surface area contributed by atoms with Gasteiger partial charge in [-0.15, -0.1) is 0 Å². The Bertz CT molecular complexity index is 732. The first kappa shape index (κ1) is 14.7. The van der Waals surface area contributed by atoms with E-state index in [0.29, 0.717) is 5.56 Å². The summed E-state index contributed by atoms with van der Waals surface area (Å²) >= 11 is 5.69. The zero-order chi connectivity index (χ0) is 15.6. The zero-order valence-corrected chi connectivity index (χ0v) is 11.5. The molecule has 0 aliphatic heterocycles. The molecule has 1 N–H and O–H groups in total. The Kier molecular flexibility index (Phi) is 4.04. The van der Waals surface area contributed by atoms with Crippen LogP contribution in [0.2, 0.25) is 5.02 Å². The van der Waals surface area contributed by atoms with Crippen molar-refractivity contribution in [2.24, 2.45) is 0 Å². The number of halogens is 1. The number of carboxylic acids is 1. The first-order valence-corrected chi connectivity index (χ1v) is 6.09. The number of carboxylic acid groups (broad SMARTS) is 1. The minimum absolute atomic E-state index is 0.0221. The van der Waals surface area contributed by atoms with Gasteiger partial charge in [-0.3, -0.25) is 10.1 Å². The van der Waals surface area contributed by atoms with E-state index in [4.69, 9.17) is 21.4 Å². The van der Waals surface area contributed by atoms with Crippen LogP contribution in [0.3, 0.4) is 0 Å². The van der Waals surface area contributed by atoms with Crippen LogP contribution in [0.5, 0.6) is 11.6 Å². The molecule has 0 radical (unpaired) electrons. The van der Waals surface area contributed by atoms with Gasteiger partial charge in [0, 0.05) is 11.6 Å². The molecule has 0 saturated heterocycles. The number of aromatic nitrogens is 1. The highest BCUT2D eigenvalue weighted by molar-refractivity contribution is 6.33. The molecule has 1 aromatic carbocycles. The summed E-state index contributed by atoms with van der Waals surface area (Å²) in [6.45, 7) is 1.57. The second kappa shape index (κ2) is 5.76. The van der Waals surface area contributed by atoms with E-state index in [1.807, 2.05) is 0 Å². The lowest BCUT2D eigenvalue weighted by molar-refractivity contribution is -0.386. The number of hydrogen-bond acceptors (Lipinski definition) is 5. The van der Waals surface area contributed by atoms with Crippen molar-refractivity contribution in [2.45, 2.75) is 6.92 Å². The predicted molar refractivity (Wildman–Crippen MR) is 74.1 cm³/mol. The third kappa shape index (κ3) is 3.09. The van der Waals surface area contributed by atoms with Crippen molar-refractivity contribution in [3.63, 3.8) is 0 Å². The Balaban J connectivity index is 2.44. The number of nitro benzene ring substituents is 1. The van der Waals surface area contributed by atoms with Gasteiger partial charge in [0.25, 0.3) is 0 Å². The Morgan fingerprint density at radius 1 is 1.38 bits per heavy atom. The Morgan fingerprint density at radius 2 is 2.10 bits per heavy atom. The molecule has 0 atom stereocenters. The van der Waals surface area contributed by atoms with Crippen LogP contribution in [-0.4, -0.2) is 21.0 Å². The molecule has 2 aromatic rings. The maximum absolute atomic E-state index is 11.1. The van der Waals surface area contributed by atoms with Gasteiger partial charge in [0.05, 0.1) is 9.95 Å². The molecule has 108 valence electrons. The fourth-order valence-corrected chi connectivity index (χ4v) is 1.88. The van der Waals surface area contributed by atoms with E-state index < -0.39 is 10.9 Å². The second-order valence-electron chi connectivity index (χ2n) is 4.07. The predicted octanol–water partition coefficient (Wildman–Crippen LogP) is 3.44. The maximum Gasteiger partial charge on any atom is 0.356 e. The lowest BCUT2D eigenvalue weighted by Gasteiger charge is -2.08. The third-order valence-electron chi connectivity index (χ3n) is 2.62. The molecule has 1 aromatic heterocycles. The van der Waals surface area contributed by atoms with E-state index in [0.717, 1.165) is 0 Å². The molecule has 0 aliphatic carbocycles. The van der Waals surface area contributed by atoms with Crippen LogP contribution < -0.4 is 4.74 Å². The van der Waals surface area contributed by atoms with Gasteiger partial charge < -0.3 is 9.84 Å². The number of pyridine rings is 1. The van der Waals surface area contributed by atoms with Crippen molar-refractivity contribution in [1.29, 1.82) is 0 Å². The van der Waals surface area contributed by atoms with Crippen molar-refractivity contribution in [3.8, 4) is 11.6 Å². The minimum atomic E-state index is -1.32. The average Bonchev–Trinajstić information content (AvgIpc) is 2.40. The van der Waals surface area contributed by atoms with Gasteiger partial charge >= 0.3 is 11.7 Å². The SMILES string of the molecule is Cc1cccc(Oc2ccc(Cl)c(C(=O)O)n2)c1[N+](=O)[O-]. The number of aromatic carboxylic acids is 1. The second-order valence-corrected chi connectivity index (χ2v) is 4.47. The molecular weight excluding hydrogens is 300 g/mol. The van der Waals surface area contributed by atoms with Crippen molar-refractivity contribution in [1.82, 2.24) is 4.98 Å². The van der Waals surface area contributed by atoms with Gasteiger partial charge in [0.2, 0.25) is 11.6 Å². The zero-order valence-electron chi connectivity index (χ0n) is 10.7. The summed E-state index contributed by atoms with van der Waals surface area (Å²) in [5.41, 5.74) is -0.166. The first-order valence-electron chi connectivity index (χ1n) is 5.72. The molecular formula is C13H9ClN2O5. The summed E-state index contributed by atoms with van der Waals surface area (Å²) in [6.07, 6.45) is 0. The summed E-state index contributed by atoms with van der Waals surface area (Å²) in [5, 5.41) is 19.9.